The average Bonchev–Trinajstić information content (AvgIpc) is 2.78. The molecule has 0 radical (unpaired) electrons. The van der Waals surface area contributed by atoms with Gasteiger partial charge in [0.1, 0.15) is 6.61 Å². The molecule has 3 aromatic rings. The zero-order chi connectivity index (χ0) is 21.5. The first-order chi connectivity index (χ1) is 14.5. The van der Waals surface area contributed by atoms with Crippen LogP contribution >= 0.6 is 0 Å². The number of methoxy groups -OCH3 is 1. The molecule has 0 bridgehead atoms. The Morgan fingerprint density at radius 2 is 1.63 bits per heavy atom. The first-order valence-electron chi connectivity index (χ1n) is 9.49. The van der Waals surface area contributed by atoms with Crippen molar-refractivity contribution in [2.45, 2.75) is 13.5 Å². The van der Waals surface area contributed by atoms with Gasteiger partial charge in [-0.3, -0.25) is 9.59 Å². The maximum Gasteiger partial charge on any atom is 0.255 e. The van der Waals surface area contributed by atoms with Gasteiger partial charge < -0.3 is 19.7 Å². The summed E-state index contributed by atoms with van der Waals surface area (Å²) in [5.41, 5.74) is 2.61. The lowest BCUT2D eigenvalue weighted by Crippen LogP contribution is -2.24. The van der Waals surface area contributed by atoms with Gasteiger partial charge in [-0.15, -0.1) is 0 Å². The minimum atomic E-state index is -0.313. The molecule has 154 valence electrons. The number of carbonyl (C=O) groups excluding carboxylic acids is 2. The monoisotopic (exact) mass is 404 g/mol. The van der Waals surface area contributed by atoms with Gasteiger partial charge >= 0.3 is 0 Å². The Labute approximate surface area is 176 Å². The predicted molar refractivity (Wildman–Crippen MR) is 117 cm³/mol. The topological polar surface area (TPSA) is 67.9 Å². The minimum absolute atomic E-state index is 0.127. The van der Waals surface area contributed by atoms with Crippen molar-refractivity contribution in [3.8, 4) is 11.5 Å². The number of ether oxygens (including phenoxy) is 2. The molecule has 0 atom stereocenters. The van der Waals surface area contributed by atoms with Crippen molar-refractivity contribution in [3.05, 3.63) is 83.9 Å². The molecule has 6 heteroatoms. The largest absolute Gasteiger partial charge is 0.493 e. The number of amides is 2. The van der Waals surface area contributed by atoms with Gasteiger partial charge in [0, 0.05) is 19.5 Å². The van der Waals surface area contributed by atoms with E-state index in [2.05, 4.69) is 5.32 Å². The van der Waals surface area contributed by atoms with Crippen LogP contribution < -0.4 is 19.7 Å². The molecule has 3 aromatic carbocycles. The summed E-state index contributed by atoms with van der Waals surface area (Å²) in [5, 5.41) is 2.86. The fourth-order valence-electron chi connectivity index (χ4n) is 2.90. The summed E-state index contributed by atoms with van der Waals surface area (Å²) in [5.74, 6) is 0.577. The molecule has 0 aliphatic carbocycles. The van der Waals surface area contributed by atoms with Crippen LogP contribution in [0.4, 0.5) is 11.4 Å². The summed E-state index contributed by atoms with van der Waals surface area (Å²) >= 11 is 0. The fourth-order valence-corrected chi connectivity index (χ4v) is 2.90. The van der Waals surface area contributed by atoms with E-state index in [1.807, 2.05) is 36.4 Å². The maximum atomic E-state index is 12.8. The normalized spacial score (nSPS) is 10.2. The first kappa shape index (κ1) is 20.9. The number of carbonyl (C=O) groups is 2. The van der Waals surface area contributed by atoms with Crippen LogP contribution in [0.5, 0.6) is 11.5 Å². The van der Waals surface area contributed by atoms with Crippen LogP contribution in [0.15, 0.2) is 72.8 Å². The molecule has 0 aliphatic heterocycles. The Hall–Kier alpha value is -3.80. The van der Waals surface area contributed by atoms with Gasteiger partial charge in [-0.2, -0.15) is 0 Å². The summed E-state index contributed by atoms with van der Waals surface area (Å²) in [7, 11) is 3.19. The molecule has 0 spiro atoms. The first-order valence-corrected chi connectivity index (χ1v) is 9.49. The van der Waals surface area contributed by atoms with Crippen molar-refractivity contribution >= 4 is 23.2 Å². The zero-order valence-electron chi connectivity index (χ0n) is 17.2. The molecule has 0 aliphatic rings. The fraction of sp³-hybridized carbons (Fsp3) is 0.167. The number of para-hydroxylation sites is 2. The average molecular weight is 404 g/mol. The maximum absolute atomic E-state index is 12.8. The van der Waals surface area contributed by atoms with E-state index in [0.29, 0.717) is 35.0 Å². The second kappa shape index (κ2) is 9.60. The summed E-state index contributed by atoms with van der Waals surface area (Å²) in [6.07, 6.45) is 0. The van der Waals surface area contributed by atoms with Gasteiger partial charge in [-0.1, -0.05) is 42.5 Å². The molecule has 30 heavy (non-hydrogen) atoms. The Balaban J connectivity index is 1.76. The number of nitrogens with zero attached hydrogens (tertiary/aromatic N) is 1. The standard InChI is InChI=1S/C24H24N2O4/c1-17(27)26(2)21-12-8-7-11-20(21)25-24(28)19-13-14-22(23(15-19)29-3)30-16-18-9-5-4-6-10-18/h4-15H,16H2,1-3H3,(H,25,28). The van der Waals surface area contributed by atoms with Crippen LogP contribution in [0.3, 0.4) is 0 Å². The van der Waals surface area contributed by atoms with Gasteiger partial charge in [0.15, 0.2) is 11.5 Å². The number of hydrogen-bond donors (Lipinski definition) is 1. The van der Waals surface area contributed by atoms with Crippen molar-refractivity contribution < 1.29 is 19.1 Å². The van der Waals surface area contributed by atoms with Crippen molar-refractivity contribution in [1.82, 2.24) is 0 Å². The van der Waals surface area contributed by atoms with E-state index in [0.717, 1.165) is 5.56 Å². The van der Waals surface area contributed by atoms with E-state index in [1.165, 1.54) is 18.9 Å². The van der Waals surface area contributed by atoms with Crippen molar-refractivity contribution in [2.75, 3.05) is 24.4 Å². The van der Waals surface area contributed by atoms with Crippen LogP contribution in [-0.2, 0) is 11.4 Å². The summed E-state index contributed by atoms with van der Waals surface area (Å²) in [6, 6.07) is 22.0. The Morgan fingerprint density at radius 1 is 0.933 bits per heavy atom. The Bertz CT molecular complexity index is 1030. The predicted octanol–water partition coefficient (Wildman–Crippen LogP) is 4.51. The molecule has 0 aromatic heterocycles. The zero-order valence-corrected chi connectivity index (χ0v) is 17.2. The highest BCUT2D eigenvalue weighted by Crippen LogP contribution is 2.30. The lowest BCUT2D eigenvalue weighted by atomic mass is 10.1. The number of hydrogen-bond acceptors (Lipinski definition) is 4. The molecule has 0 fully saturated rings. The van der Waals surface area contributed by atoms with Crippen LogP contribution in [0, 0.1) is 0 Å². The molecular formula is C24H24N2O4. The van der Waals surface area contributed by atoms with Crippen LogP contribution in [0.1, 0.15) is 22.8 Å². The molecule has 0 heterocycles. The van der Waals surface area contributed by atoms with Crippen molar-refractivity contribution in [3.63, 3.8) is 0 Å². The Kier molecular flexibility index (Phi) is 6.70. The molecule has 3 rings (SSSR count). The highest BCUT2D eigenvalue weighted by molar-refractivity contribution is 6.07. The van der Waals surface area contributed by atoms with Gasteiger partial charge in [-0.25, -0.2) is 0 Å². The third kappa shape index (κ3) is 4.97. The highest BCUT2D eigenvalue weighted by Gasteiger charge is 2.15. The number of nitrogens with one attached hydrogen (secondary N) is 1. The van der Waals surface area contributed by atoms with Crippen molar-refractivity contribution in [2.24, 2.45) is 0 Å². The Morgan fingerprint density at radius 3 is 2.33 bits per heavy atom. The summed E-state index contributed by atoms with van der Waals surface area (Å²) in [4.78, 5) is 26.0. The van der Waals surface area contributed by atoms with Crippen LogP contribution in [0.2, 0.25) is 0 Å². The number of anilines is 2. The molecule has 0 unspecified atom stereocenters. The quantitative estimate of drug-likeness (QED) is 0.629. The second-order valence-corrected chi connectivity index (χ2v) is 6.69. The molecule has 0 saturated heterocycles. The van der Waals surface area contributed by atoms with E-state index >= 15 is 0 Å². The molecule has 2 amide bonds. The summed E-state index contributed by atoms with van der Waals surface area (Å²) < 4.78 is 11.3. The summed E-state index contributed by atoms with van der Waals surface area (Å²) in [6.45, 7) is 1.87. The molecule has 1 N–H and O–H groups in total. The minimum Gasteiger partial charge on any atom is -0.493 e. The van der Waals surface area contributed by atoms with Crippen molar-refractivity contribution in [1.29, 1.82) is 0 Å². The van der Waals surface area contributed by atoms with Gasteiger partial charge in [0.2, 0.25) is 5.91 Å². The van der Waals surface area contributed by atoms with Gasteiger partial charge in [0.05, 0.1) is 18.5 Å². The van der Waals surface area contributed by atoms with Gasteiger partial charge in [-0.05, 0) is 35.9 Å². The third-order valence-corrected chi connectivity index (χ3v) is 4.65. The SMILES string of the molecule is COc1cc(C(=O)Nc2ccccc2N(C)C(C)=O)ccc1OCc1ccccc1. The third-order valence-electron chi connectivity index (χ3n) is 4.65. The highest BCUT2D eigenvalue weighted by atomic mass is 16.5. The van der Waals surface area contributed by atoms with Crippen LogP contribution in [-0.4, -0.2) is 26.0 Å². The number of benzene rings is 3. The van der Waals surface area contributed by atoms with Crippen LogP contribution in [0.25, 0.3) is 0 Å². The van der Waals surface area contributed by atoms with E-state index in [4.69, 9.17) is 9.47 Å². The molecule has 0 saturated carbocycles. The van der Waals surface area contributed by atoms with E-state index in [1.54, 1.807) is 43.4 Å². The second-order valence-electron chi connectivity index (χ2n) is 6.69. The number of rotatable bonds is 7. The molecule has 6 nitrogen and oxygen atoms in total. The van der Waals surface area contributed by atoms with Gasteiger partial charge in [0.25, 0.3) is 5.91 Å². The lowest BCUT2D eigenvalue weighted by Gasteiger charge is -2.19. The smallest absolute Gasteiger partial charge is 0.255 e. The van der Waals surface area contributed by atoms with E-state index in [9.17, 15) is 9.59 Å². The van der Waals surface area contributed by atoms with E-state index in [-0.39, 0.29) is 11.8 Å². The van der Waals surface area contributed by atoms with E-state index < -0.39 is 0 Å². The molecular weight excluding hydrogens is 380 g/mol. The lowest BCUT2D eigenvalue weighted by molar-refractivity contribution is -0.116.